The first-order valence-corrected chi connectivity index (χ1v) is 10.1. The van der Waals surface area contributed by atoms with Gasteiger partial charge in [0.25, 0.3) is 5.56 Å². The third-order valence-corrected chi connectivity index (χ3v) is 5.31. The maximum atomic E-state index is 12.7. The summed E-state index contributed by atoms with van der Waals surface area (Å²) in [6.07, 6.45) is 3.18. The Bertz CT molecular complexity index is 1020. The molecule has 3 aromatic rings. The van der Waals surface area contributed by atoms with Crippen molar-refractivity contribution < 1.29 is 4.52 Å². The van der Waals surface area contributed by atoms with Gasteiger partial charge >= 0.3 is 0 Å². The van der Waals surface area contributed by atoms with Crippen molar-refractivity contribution in [2.75, 3.05) is 31.1 Å². The minimum Gasteiger partial charge on any atom is -0.367 e. The topological polar surface area (TPSA) is 89.1 Å². The van der Waals surface area contributed by atoms with E-state index in [2.05, 4.69) is 25.5 Å². The van der Waals surface area contributed by atoms with Gasteiger partial charge in [-0.05, 0) is 31.0 Å². The summed E-state index contributed by atoms with van der Waals surface area (Å²) < 4.78 is 6.69. The van der Waals surface area contributed by atoms with Gasteiger partial charge in [-0.1, -0.05) is 28.9 Å². The zero-order chi connectivity index (χ0) is 20.2. The second-order valence-electron chi connectivity index (χ2n) is 7.09. The molecular weight excluding hydrogens is 392 g/mol. The van der Waals surface area contributed by atoms with Gasteiger partial charge in [0.2, 0.25) is 5.89 Å². The summed E-state index contributed by atoms with van der Waals surface area (Å²) in [6.45, 7) is 5.55. The van der Waals surface area contributed by atoms with Crippen molar-refractivity contribution in [2.45, 2.75) is 26.3 Å². The Balaban J connectivity index is 1.42. The van der Waals surface area contributed by atoms with E-state index in [-0.39, 0.29) is 12.1 Å². The van der Waals surface area contributed by atoms with Gasteiger partial charge in [-0.2, -0.15) is 10.1 Å². The van der Waals surface area contributed by atoms with E-state index in [0.29, 0.717) is 28.7 Å². The van der Waals surface area contributed by atoms with E-state index in [4.69, 9.17) is 16.1 Å². The standard InChI is InChI=1S/C20H23ClN6O2/c1-14-17(26-10-8-22-9-11-26)12-23-27(20(14)28)13-19-24-18(25-29-19)7-4-15-2-5-16(21)6-3-15/h2-3,5-6,12,22H,4,7-11,13H2,1H3. The summed E-state index contributed by atoms with van der Waals surface area (Å²) in [5, 5.41) is 12.4. The molecule has 4 rings (SSSR count). The number of hydrogen-bond donors (Lipinski definition) is 1. The van der Waals surface area contributed by atoms with Crippen molar-refractivity contribution in [1.82, 2.24) is 25.2 Å². The monoisotopic (exact) mass is 414 g/mol. The van der Waals surface area contributed by atoms with E-state index in [9.17, 15) is 4.79 Å². The van der Waals surface area contributed by atoms with Crippen LogP contribution in [-0.4, -0.2) is 46.1 Å². The molecule has 1 aromatic carbocycles. The van der Waals surface area contributed by atoms with Crippen molar-refractivity contribution in [3.05, 3.63) is 68.7 Å². The third-order valence-electron chi connectivity index (χ3n) is 5.06. The fourth-order valence-electron chi connectivity index (χ4n) is 3.41. The first-order chi connectivity index (χ1) is 14.1. The summed E-state index contributed by atoms with van der Waals surface area (Å²) in [5.74, 6) is 0.984. The number of aromatic nitrogens is 4. The first-order valence-electron chi connectivity index (χ1n) is 9.68. The minimum absolute atomic E-state index is 0.137. The lowest BCUT2D eigenvalue weighted by Gasteiger charge is -2.30. The van der Waals surface area contributed by atoms with E-state index < -0.39 is 0 Å². The van der Waals surface area contributed by atoms with Crippen LogP contribution in [0.4, 0.5) is 5.69 Å². The van der Waals surface area contributed by atoms with Gasteiger partial charge in [0, 0.05) is 43.2 Å². The van der Waals surface area contributed by atoms with E-state index in [1.165, 1.54) is 4.68 Å². The summed E-state index contributed by atoms with van der Waals surface area (Å²) in [7, 11) is 0. The molecule has 29 heavy (non-hydrogen) atoms. The highest BCUT2D eigenvalue weighted by atomic mass is 35.5. The van der Waals surface area contributed by atoms with Gasteiger partial charge in [0.1, 0.15) is 6.54 Å². The maximum Gasteiger partial charge on any atom is 0.272 e. The van der Waals surface area contributed by atoms with Gasteiger partial charge in [-0.15, -0.1) is 0 Å². The number of nitrogens with one attached hydrogen (secondary N) is 1. The van der Waals surface area contributed by atoms with Crippen molar-refractivity contribution in [3.8, 4) is 0 Å². The van der Waals surface area contributed by atoms with Crippen LogP contribution in [0, 0.1) is 6.92 Å². The van der Waals surface area contributed by atoms with Crippen LogP contribution < -0.4 is 15.8 Å². The van der Waals surface area contributed by atoms with Crippen LogP contribution in [0.1, 0.15) is 22.8 Å². The van der Waals surface area contributed by atoms with Crippen LogP contribution in [0.3, 0.4) is 0 Å². The molecule has 0 amide bonds. The Morgan fingerprint density at radius 2 is 1.93 bits per heavy atom. The fraction of sp³-hybridized carbons (Fsp3) is 0.400. The molecule has 2 aromatic heterocycles. The molecular formula is C20H23ClN6O2. The lowest BCUT2D eigenvalue weighted by molar-refractivity contribution is 0.358. The van der Waals surface area contributed by atoms with Gasteiger partial charge in [-0.25, -0.2) is 4.68 Å². The van der Waals surface area contributed by atoms with Crippen LogP contribution in [0.15, 0.2) is 39.8 Å². The zero-order valence-electron chi connectivity index (χ0n) is 16.3. The lowest BCUT2D eigenvalue weighted by atomic mass is 10.1. The van der Waals surface area contributed by atoms with E-state index in [1.807, 2.05) is 31.2 Å². The number of hydrogen-bond acceptors (Lipinski definition) is 7. The molecule has 1 fully saturated rings. The number of aryl methyl sites for hydroxylation is 2. The molecule has 0 spiro atoms. The van der Waals surface area contributed by atoms with E-state index in [1.54, 1.807) is 6.20 Å². The van der Waals surface area contributed by atoms with E-state index >= 15 is 0 Å². The van der Waals surface area contributed by atoms with Crippen LogP contribution in [0.2, 0.25) is 5.02 Å². The zero-order valence-corrected chi connectivity index (χ0v) is 17.0. The Labute approximate surface area is 173 Å². The lowest BCUT2D eigenvalue weighted by Crippen LogP contribution is -2.44. The smallest absolute Gasteiger partial charge is 0.272 e. The Kier molecular flexibility index (Phi) is 5.92. The molecule has 0 aliphatic carbocycles. The molecule has 1 aliphatic rings. The van der Waals surface area contributed by atoms with Crippen LogP contribution >= 0.6 is 11.6 Å². The van der Waals surface area contributed by atoms with Crippen molar-refractivity contribution in [3.63, 3.8) is 0 Å². The Hall–Kier alpha value is -2.71. The highest BCUT2D eigenvalue weighted by Crippen LogP contribution is 2.16. The summed E-state index contributed by atoms with van der Waals surface area (Å²) in [5.41, 5.74) is 2.59. The molecule has 0 saturated carbocycles. The number of rotatable bonds is 6. The van der Waals surface area contributed by atoms with Gasteiger partial charge in [0.05, 0.1) is 11.9 Å². The molecule has 0 bridgehead atoms. The molecule has 152 valence electrons. The third kappa shape index (κ3) is 4.65. The van der Waals surface area contributed by atoms with Gasteiger partial charge in [-0.3, -0.25) is 4.79 Å². The normalized spacial score (nSPS) is 14.3. The maximum absolute atomic E-state index is 12.7. The Morgan fingerprint density at radius 1 is 1.17 bits per heavy atom. The quantitative estimate of drug-likeness (QED) is 0.658. The van der Waals surface area contributed by atoms with Crippen molar-refractivity contribution in [1.29, 1.82) is 0 Å². The highest BCUT2D eigenvalue weighted by Gasteiger charge is 2.17. The summed E-state index contributed by atoms with van der Waals surface area (Å²) in [4.78, 5) is 19.3. The largest absolute Gasteiger partial charge is 0.367 e. The average Bonchev–Trinajstić information content (AvgIpc) is 3.19. The molecule has 8 nitrogen and oxygen atoms in total. The highest BCUT2D eigenvalue weighted by molar-refractivity contribution is 6.30. The SMILES string of the molecule is Cc1c(N2CCNCC2)cnn(Cc2nc(CCc3ccc(Cl)cc3)no2)c1=O. The molecule has 0 unspecified atom stereocenters. The second kappa shape index (κ2) is 8.75. The predicted octanol–water partition coefficient (Wildman–Crippen LogP) is 1.83. The molecule has 0 radical (unpaired) electrons. The van der Waals surface area contributed by atoms with E-state index in [0.717, 1.165) is 43.9 Å². The van der Waals surface area contributed by atoms with Crippen LogP contribution in [0.25, 0.3) is 0 Å². The van der Waals surface area contributed by atoms with Crippen molar-refractivity contribution >= 4 is 17.3 Å². The number of anilines is 1. The Morgan fingerprint density at radius 3 is 2.69 bits per heavy atom. The minimum atomic E-state index is -0.137. The number of benzene rings is 1. The van der Waals surface area contributed by atoms with Gasteiger partial charge in [0.15, 0.2) is 5.82 Å². The van der Waals surface area contributed by atoms with Gasteiger partial charge < -0.3 is 14.7 Å². The van der Waals surface area contributed by atoms with Crippen molar-refractivity contribution in [2.24, 2.45) is 0 Å². The average molecular weight is 415 g/mol. The molecule has 1 aliphatic heterocycles. The molecule has 3 heterocycles. The number of nitrogens with zero attached hydrogens (tertiary/aromatic N) is 5. The number of piperazine rings is 1. The molecule has 9 heteroatoms. The van der Waals surface area contributed by atoms with Crippen LogP contribution in [0.5, 0.6) is 0 Å². The summed E-state index contributed by atoms with van der Waals surface area (Å²) >= 11 is 5.91. The summed E-state index contributed by atoms with van der Waals surface area (Å²) in [6, 6.07) is 7.69. The molecule has 0 atom stereocenters. The second-order valence-corrected chi connectivity index (χ2v) is 7.52. The predicted molar refractivity (Wildman–Crippen MR) is 111 cm³/mol. The van der Waals surface area contributed by atoms with Crippen LogP contribution in [-0.2, 0) is 19.4 Å². The molecule has 1 N–H and O–H groups in total. The first kappa shape index (κ1) is 19.6. The molecule has 1 saturated heterocycles. The number of halogens is 1. The fourth-order valence-corrected chi connectivity index (χ4v) is 3.53.